The maximum atomic E-state index is 15.7. The third kappa shape index (κ3) is 4.49. The molecule has 3 fully saturated rings. The molecule has 1 N–H and O–H groups in total. The lowest BCUT2D eigenvalue weighted by Crippen LogP contribution is -2.54. The topological polar surface area (TPSA) is 97.2 Å². The Morgan fingerprint density at radius 1 is 1.08 bits per heavy atom. The lowest BCUT2D eigenvalue weighted by atomic mass is 9.60. The summed E-state index contributed by atoms with van der Waals surface area (Å²) >= 11 is 0. The molecule has 4 atom stereocenters. The number of aromatic nitrogens is 5. The van der Waals surface area contributed by atoms with Crippen molar-refractivity contribution in [1.82, 2.24) is 25.4 Å². The number of hydrogen-bond donors (Lipinski definition) is 1. The summed E-state index contributed by atoms with van der Waals surface area (Å²) in [7, 11) is 1.58. The van der Waals surface area contributed by atoms with E-state index < -0.39 is 6.17 Å². The highest BCUT2D eigenvalue weighted by Gasteiger charge is 2.50. The highest BCUT2D eigenvalue weighted by molar-refractivity contribution is 5.71. The van der Waals surface area contributed by atoms with Crippen LogP contribution < -0.4 is 9.64 Å². The zero-order valence-electron chi connectivity index (χ0n) is 21.6. The molecule has 3 saturated carbocycles. The Hall–Kier alpha value is -3.36. The Morgan fingerprint density at radius 3 is 2.62 bits per heavy atom. The van der Waals surface area contributed by atoms with Gasteiger partial charge in [0.05, 0.1) is 30.6 Å². The highest BCUT2D eigenvalue weighted by Crippen LogP contribution is 2.52. The molecule has 194 valence electrons. The van der Waals surface area contributed by atoms with Gasteiger partial charge in [0, 0.05) is 17.7 Å². The molecular weight excluding hydrogens is 471 g/mol. The van der Waals surface area contributed by atoms with Gasteiger partial charge >= 0.3 is 0 Å². The Morgan fingerprint density at radius 2 is 1.92 bits per heavy atom. The fourth-order valence-corrected chi connectivity index (χ4v) is 6.42. The van der Waals surface area contributed by atoms with E-state index in [-0.39, 0.29) is 23.1 Å². The van der Waals surface area contributed by atoms with Crippen LogP contribution in [0.5, 0.6) is 11.5 Å². The lowest BCUT2D eigenvalue weighted by molar-refractivity contribution is 0.00942. The van der Waals surface area contributed by atoms with E-state index in [1.807, 2.05) is 13.0 Å². The average Bonchev–Trinajstić information content (AvgIpc) is 3.73. The summed E-state index contributed by atoms with van der Waals surface area (Å²) in [5, 5.41) is 28.0. The minimum absolute atomic E-state index is 0.0179. The van der Waals surface area contributed by atoms with Gasteiger partial charge in [-0.2, -0.15) is 5.10 Å². The predicted octanol–water partition coefficient (Wildman–Crippen LogP) is 5.29. The standard InChI is InChI=1S/C28H33FN6O2/c1-16-24(37-3)12-21(32-31-16)17-6-9-20(23(36)11-17)27-30-15-25(33-34-27)35(19-7-8-19)22-14-28(2)10-4-5-18(13-28)26(22)29/h6,9,11-12,15,18-19,22,26,36H,4-5,7-8,10,13-14H2,1-3H3/t18-,22-,26+,28+/m0/s1. The number of phenolic OH excluding ortho intramolecular Hbond substituents is 1. The lowest BCUT2D eigenvalue weighted by Gasteiger charge is -2.51. The van der Waals surface area contributed by atoms with E-state index in [0.717, 1.165) is 38.5 Å². The van der Waals surface area contributed by atoms with Crippen molar-refractivity contribution in [3.05, 3.63) is 36.2 Å². The van der Waals surface area contributed by atoms with Crippen LogP contribution in [-0.4, -0.2) is 55.9 Å². The van der Waals surface area contributed by atoms with E-state index in [0.29, 0.717) is 45.9 Å². The van der Waals surface area contributed by atoms with Crippen LogP contribution in [0, 0.1) is 18.3 Å². The number of hydrogen-bond acceptors (Lipinski definition) is 8. The van der Waals surface area contributed by atoms with Crippen molar-refractivity contribution in [2.24, 2.45) is 11.3 Å². The van der Waals surface area contributed by atoms with Crippen molar-refractivity contribution in [2.75, 3.05) is 12.0 Å². The zero-order chi connectivity index (χ0) is 25.7. The smallest absolute Gasteiger partial charge is 0.185 e. The van der Waals surface area contributed by atoms with E-state index in [1.54, 1.807) is 31.5 Å². The average molecular weight is 505 g/mol. The maximum absolute atomic E-state index is 15.7. The first-order chi connectivity index (χ1) is 17.8. The molecule has 3 aliphatic rings. The van der Waals surface area contributed by atoms with Gasteiger partial charge in [-0.3, -0.25) is 0 Å². The summed E-state index contributed by atoms with van der Waals surface area (Å²) in [6.07, 6.45) is 8.03. The second-order valence-electron chi connectivity index (χ2n) is 11.3. The normalized spacial score (nSPS) is 27.1. The molecule has 0 aliphatic heterocycles. The zero-order valence-corrected chi connectivity index (χ0v) is 21.6. The van der Waals surface area contributed by atoms with Crippen LogP contribution in [0.1, 0.15) is 57.6 Å². The Balaban J connectivity index is 1.26. The third-order valence-corrected chi connectivity index (χ3v) is 8.43. The summed E-state index contributed by atoms with van der Waals surface area (Å²) in [6.45, 7) is 4.14. The number of alkyl halides is 1. The molecule has 37 heavy (non-hydrogen) atoms. The summed E-state index contributed by atoms with van der Waals surface area (Å²) in [5.74, 6) is 1.72. The first kappa shape index (κ1) is 24.0. The number of aryl methyl sites for hydroxylation is 1. The fraction of sp³-hybridized carbons (Fsp3) is 0.536. The molecule has 0 amide bonds. The molecule has 3 aromatic rings. The summed E-state index contributed by atoms with van der Waals surface area (Å²) in [5.41, 5.74) is 2.64. The number of halogens is 1. The number of anilines is 1. The number of phenols is 1. The monoisotopic (exact) mass is 504 g/mol. The van der Waals surface area contributed by atoms with E-state index in [4.69, 9.17) is 4.74 Å². The molecule has 2 bridgehead atoms. The first-order valence-corrected chi connectivity index (χ1v) is 13.2. The van der Waals surface area contributed by atoms with Gasteiger partial charge in [0.25, 0.3) is 0 Å². The quantitative estimate of drug-likeness (QED) is 0.483. The molecule has 0 unspecified atom stereocenters. The number of ether oxygens (including phenoxy) is 1. The van der Waals surface area contributed by atoms with Crippen LogP contribution in [0.2, 0.25) is 0 Å². The van der Waals surface area contributed by atoms with Gasteiger partial charge in [0.15, 0.2) is 11.6 Å². The minimum Gasteiger partial charge on any atom is -0.507 e. The first-order valence-electron chi connectivity index (χ1n) is 13.2. The largest absolute Gasteiger partial charge is 0.507 e. The molecule has 9 heteroatoms. The number of rotatable bonds is 6. The number of aromatic hydroxyl groups is 1. The second kappa shape index (κ2) is 9.19. The van der Waals surface area contributed by atoms with Gasteiger partial charge in [0.2, 0.25) is 0 Å². The van der Waals surface area contributed by atoms with E-state index >= 15 is 4.39 Å². The van der Waals surface area contributed by atoms with Crippen molar-refractivity contribution in [3.63, 3.8) is 0 Å². The van der Waals surface area contributed by atoms with Crippen LogP contribution in [0.15, 0.2) is 30.5 Å². The molecule has 0 saturated heterocycles. The van der Waals surface area contributed by atoms with Crippen molar-refractivity contribution >= 4 is 5.82 Å². The molecular formula is C28H33FN6O2. The molecule has 0 radical (unpaired) electrons. The summed E-state index contributed by atoms with van der Waals surface area (Å²) < 4.78 is 21.0. The molecule has 2 heterocycles. The minimum atomic E-state index is -0.851. The number of fused-ring (bicyclic) bond motifs is 2. The van der Waals surface area contributed by atoms with Crippen LogP contribution in [0.3, 0.4) is 0 Å². The summed E-state index contributed by atoms with van der Waals surface area (Å²) in [6, 6.07) is 7.09. The Bertz CT molecular complexity index is 1300. The Kier molecular flexibility index (Phi) is 5.96. The predicted molar refractivity (Wildman–Crippen MR) is 138 cm³/mol. The SMILES string of the molecule is COc1cc(-c2ccc(-c3ncc(N(C4CC4)[C@H]4C[C@]5(C)CCC[C@@H](C5)[C@H]4F)nn3)c(O)c2)nnc1C. The van der Waals surface area contributed by atoms with Crippen LogP contribution >= 0.6 is 0 Å². The third-order valence-electron chi connectivity index (χ3n) is 8.43. The maximum Gasteiger partial charge on any atom is 0.185 e. The van der Waals surface area contributed by atoms with E-state index in [2.05, 4.69) is 37.2 Å². The van der Waals surface area contributed by atoms with Crippen molar-refractivity contribution < 1.29 is 14.2 Å². The number of benzene rings is 1. The van der Waals surface area contributed by atoms with Crippen LogP contribution in [-0.2, 0) is 0 Å². The van der Waals surface area contributed by atoms with Gasteiger partial charge in [-0.15, -0.1) is 15.3 Å². The van der Waals surface area contributed by atoms with Gasteiger partial charge in [-0.25, -0.2) is 9.37 Å². The van der Waals surface area contributed by atoms with Crippen molar-refractivity contribution in [1.29, 1.82) is 0 Å². The molecule has 2 aromatic heterocycles. The molecule has 3 aliphatic carbocycles. The fourth-order valence-electron chi connectivity index (χ4n) is 6.42. The Labute approximate surface area is 216 Å². The number of methoxy groups -OCH3 is 1. The van der Waals surface area contributed by atoms with Gasteiger partial charge in [-0.1, -0.05) is 19.4 Å². The van der Waals surface area contributed by atoms with E-state index in [1.165, 1.54) is 6.42 Å². The summed E-state index contributed by atoms with van der Waals surface area (Å²) in [4.78, 5) is 6.71. The highest BCUT2D eigenvalue weighted by atomic mass is 19.1. The molecule has 1 aromatic carbocycles. The van der Waals surface area contributed by atoms with Gasteiger partial charge in [0.1, 0.15) is 23.4 Å². The number of nitrogens with zero attached hydrogens (tertiary/aromatic N) is 6. The molecule has 8 nitrogen and oxygen atoms in total. The van der Waals surface area contributed by atoms with Crippen molar-refractivity contribution in [3.8, 4) is 34.1 Å². The van der Waals surface area contributed by atoms with Crippen molar-refractivity contribution in [2.45, 2.75) is 77.0 Å². The van der Waals surface area contributed by atoms with Crippen LogP contribution in [0.25, 0.3) is 22.6 Å². The molecule has 0 spiro atoms. The van der Waals surface area contributed by atoms with Gasteiger partial charge in [-0.05, 0) is 68.9 Å². The van der Waals surface area contributed by atoms with Crippen LogP contribution in [0.4, 0.5) is 10.2 Å². The molecule has 6 rings (SSSR count). The van der Waals surface area contributed by atoms with Gasteiger partial charge < -0.3 is 14.7 Å². The van der Waals surface area contributed by atoms with E-state index in [9.17, 15) is 5.11 Å². The second-order valence-corrected chi connectivity index (χ2v) is 11.3.